The molecule has 0 heterocycles. The number of benzene rings is 3. The lowest BCUT2D eigenvalue weighted by atomic mass is 10.0. The van der Waals surface area contributed by atoms with Gasteiger partial charge in [0.1, 0.15) is 18.2 Å². The van der Waals surface area contributed by atoms with E-state index in [1.165, 1.54) is 12.1 Å². The van der Waals surface area contributed by atoms with Gasteiger partial charge in [-0.2, -0.15) is 5.26 Å². The molecule has 5 heteroatoms. The standard InChI is InChI=1S/C22H14Cl2FNO/c23-18-6-9-21(22(24)12-18)17(13-26)10-15-4-7-20(8-5-15)27-14-16-2-1-3-19(25)11-16/h1-12H,14H2/b17-10+. The first-order chi connectivity index (χ1) is 13.0. The van der Waals surface area contributed by atoms with E-state index in [1.54, 1.807) is 48.5 Å². The van der Waals surface area contributed by atoms with E-state index in [0.717, 1.165) is 11.1 Å². The molecule has 0 aliphatic rings. The molecule has 0 aliphatic heterocycles. The highest BCUT2D eigenvalue weighted by Gasteiger charge is 2.07. The molecule has 0 bridgehead atoms. The minimum Gasteiger partial charge on any atom is -0.489 e. The van der Waals surface area contributed by atoms with E-state index < -0.39 is 0 Å². The van der Waals surface area contributed by atoms with Crippen LogP contribution in [0.25, 0.3) is 11.6 Å². The number of hydrogen-bond acceptors (Lipinski definition) is 2. The Balaban J connectivity index is 1.74. The minimum absolute atomic E-state index is 0.275. The van der Waals surface area contributed by atoms with E-state index in [9.17, 15) is 9.65 Å². The Morgan fingerprint density at radius 3 is 2.48 bits per heavy atom. The molecule has 0 N–H and O–H groups in total. The van der Waals surface area contributed by atoms with Gasteiger partial charge in [0.15, 0.2) is 0 Å². The fraction of sp³-hybridized carbons (Fsp3) is 0.0455. The van der Waals surface area contributed by atoms with Crippen LogP contribution in [-0.4, -0.2) is 0 Å². The molecule has 134 valence electrons. The molecular formula is C22H14Cl2FNO. The number of nitriles is 1. The van der Waals surface area contributed by atoms with Gasteiger partial charge in [-0.25, -0.2) is 4.39 Å². The van der Waals surface area contributed by atoms with Crippen LogP contribution in [0.15, 0.2) is 66.7 Å². The van der Waals surface area contributed by atoms with Crippen molar-refractivity contribution in [2.24, 2.45) is 0 Å². The molecule has 0 unspecified atom stereocenters. The van der Waals surface area contributed by atoms with Crippen molar-refractivity contribution in [1.29, 1.82) is 5.26 Å². The van der Waals surface area contributed by atoms with Crippen LogP contribution in [0, 0.1) is 17.1 Å². The Morgan fingerprint density at radius 1 is 1.04 bits per heavy atom. The van der Waals surface area contributed by atoms with Crippen molar-refractivity contribution in [2.75, 3.05) is 0 Å². The molecule has 0 aliphatic carbocycles. The summed E-state index contributed by atoms with van der Waals surface area (Å²) in [5.74, 6) is 0.362. The molecule has 3 aromatic carbocycles. The predicted octanol–water partition coefficient (Wildman–Crippen LogP) is 6.78. The summed E-state index contributed by atoms with van der Waals surface area (Å²) in [6, 6.07) is 20.7. The normalized spacial score (nSPS) is 11.1. The van der Waals surface area contributed by atoms with Crippen molar-refractivity contribution in [3.8, 4) is 11.8 Å². The summed E-state index contributed by atoms with van der Waals surface area (Å²) in [7, 11) is 0. The summed E-state index contributed by atoms with van der Waals surface area (Å²) in [6.07, 6.45) is 1.74. The van der Waals surface area contributed by atoms with Crippen LogP contribution < -0.4 is 4.74 Å². The monoisotopic (exact) mass is 397 g/mol. The van der Waals surface area contributed by atoms with Crippen LogP contribution in [-0.2, 0) is 6.61 Å². The first-order valence-corrected chi connectivity index (χ1v) is 8.85. The van der Waals surface area contributed by atoms with Crippen molar-refractivity contribution in [3.63, 3.8) is 0 Å². The van der Waals surface area contributed by atoms with Crippen LogP contribution in [0.3, 0.4) is 0 Å². The molecule has 2 nitrogen and oxygen atoms in total. The van der Waals surface area contributed by atoms with E-state index in [0.29, 0.717) is 26.9 Å². The minimum atomic E-state index is -0.290. The quantitative estimate of drug-likeness (QED) is 0.351. The van der Waals surface area contributed by atoms with Gasteiger partial charge in [-0.15, -0.1) is 0 Å². The maximum atomic E-state index is 13.2. The van der Waals surface area contributed by atoms with Crippen molar-refractivity contribution in [3.05, 3.63) is 99.3 Å². The first-order valence-electron chi connectivity index (χ1n) is 8.10. The van der Waals surface area contributed by atoms with Gasteiger partial charge in [0.2, 0.25) is 0 Å². The molecule has 3 rings (SSSR count). The number of ether oxygens (including phenoxy) is 1. The third kappa shape index (κ3) is 5.10. The van der Waals surface area contributed by atoms with Crippen LogP contribution in [0.2, 0.25) is 10.0 Å². The topological polar surface area (TPSA) is 33.0 Å². The largest absolute Gasteiger partial charge is 0.489 e. The van der Waals surface area contributed by atoms with Crippen LogP contribution in [0.1, 0.15) is 16.7 Å². The second kappa shape index (κ2) is 8.73. The lowest BCUT2D eigenvalue weighted by Gasteiger charge is -2.07. The summed E-state index contributed by atoms with van der Waals surface area (Å²) < 4.78 is 18.8. The second-order valence-corrected chi connectivity index (χ2v) is 6.63. The molecule has 0 saturated carbocycles. The zero-order valence-corrected chi connectivity index (χ0v) is 15.6. The fourth-order valence-electron chi connectivity index (χ4n) is 2.50. The summed E-state index contributed by atoms with van der Waals surface area (Å²) in [5, 5.41) is 10.4. The molecule has 0 atom stereocenters. The van der Waals surface area contributed by atoms with Crippen LogP contribution in [0.5, 0.6) is 5.75 Å². The van der Waals surface area contributed by atoms with Gasteiger partial charge in [0.05, 0.1) is 16.7 Å². The fourth-order valence-corrected chi connectivity index (χ4v) is 3.01. The van der Waals surface area contributed by atoms with Crippen LogP contribution in [0.4, 0.5) is 4.39 Å². The molecule has 0 saturated heterocycles. The first kappa shape index (κ1) is 19.0. The van der Waals surface area contributed by atoms with E-state index in [2.05, 4.69) is 6.07 Å². The van der Waals surface area contributed by atoms with E-state index in [4.69, 9.17) is 27.9 Å². The van der Waals surface area contributed by atoms with Crippen LogP contribution >= 0.6 is 23.2 Å². The molecule has 3 aromatic rings. The van der Waals surface area contributed by atoms with Gasteiger partial charge in [-0.1, -0.05) is 53.5 Å². The Bertz CT molecular complexity index is 1020. The van der Waals surface area contributed by atoms with E-state index in [1.807, 2.05) is 12.1 Å². The smallest absolute Gasteiger partial charge is 0.123 e. The number of allylic oxidation sites excluding steroid dienone is 1. The zero-order chi connectivity index (χ0) is 19.2. The highest BCUT2D eigenvalue weighted by Crippen LogP contribution is 2.28. The summed E-state index contributed by atoms with van der Waals surface area (Å²) in [5.41, 5.74) is 2.64. The second-order valence-electron chi connectivity index (χ2n) is 5.78. The SMILES string of the molecule is N#C/C(=C\c1ccc(OCc2cccc(F)c2)cc1)c1ccc(Cl)cc1Cl. The number of rotatable bonds is 5. The van der Waals surface area contributed by atoms with E-state index >= 15 is 0 Å². The van der Waals surface area contributed by atoms with Gasteiger partial charge < -0.3 is 4.74 Å². The van der Waals surface area contributed by atoms with Gasteiger partial charge in [-0.3, -0.25) is 0 Å². The maximum Gasteiger partial charge on any atom is 0.123 e. The van der Waals surface area contributed by atoms with Crippen molar-refractivity contribution in [2.45, 2.75) is 6.61 Å². The summed E-state index contributed by atoms with van der Waals surface area (Å²) in [6.45, 7) is 0.275. The number of hydrogen-bond donors (Lipinski definition) is 0. The van der Waals surface area contributed by atoms with Gasteiger partial charge >= 0.3 is 0 Å². The van der Waals surface area contributed by atoms with Crippen molar-refractivity contribution < 1.29 is 9.13 Å². The zero-order valence-electron chi connectivity index (χ0n) is 14.1. The van der Waals surface area contributed by atoms with Gasteiger partial charge in [0, 0.05) is 10.6 Å². The predicted molar refractivity (Wildman–Crippen MR) is 107 cm³/mol. The molecule has 27 heavy (non-hydrogen) atoms. The molecule has 0 radical (unpaired) electrons. The average molecular weight is 398 g/mol. The Hall–Kier alpha value is -2.80. The highest BCUT2D eigenvalue weighted by molar-refractivity contribution is 6.36. The lowest BCUT2D eigenvalue weighted by Crippen LogP contribution is -1.95. The molecule has 0 amide bonds. The Kier molecular flexibility index (Phi) is 6.13. The lowest BCUT2D eigenvalue weighted by molar-refractivity contribution is 0.305. The van der Waals surface area contributed by atoms with Gasteiger partial charge in [0.25, 0.3) is 0 Å². The maximum absolute atomic E-state index is 13.2. The Labute approximate surface area is 167 Å². The molecule has 0 fully saturated rings. The summed E-state index contributed by atoms with van der Waals surface area (Å²) in [4.78, 5) is 0. The number of halogens is 3. The molecular weight excluding hydrogens is 384 g/mol. The van der Waals surface area contributed by atoms with Crippen molar-refractivity contribution >= 4 is 34.9 Å². The van der Waals surface area contributed by atoms with Crippen molar-refractivity contribution in [1.82, 2.24) is 0 Å². The summed E-state index contributed by atoms with van der Waals surface area (Å²) >= 11 is 12.1. The van der Waals surface area contributed by atoms with Gasteiger partial charge in [-0.05, 0) is 53.6 Å². The highest BCUT2D eigenvalue weighted by atomic mass is 35.5. The third-order valence-corrected chi connectivity index (χ3v) is 4.38. The van der Waals surface area contributed by atoms with E-state index in [-0.39, 0.29) is 12.4 Å². The number of nitrogens with zero attached hydrogens (tertiary/aromatic N) is 1. The molecule has 0 aromatic heterocycles. The molecule has 0 spiro atoms. The third-order valence-electron chi connectivity index (χ3n) is 3.83. The Morgan fingerprint density at radius 2 is 1.81 bits per heavy atom. The average Bonchev–Trinajstić information content (AvgIpc) is 2.66.